The Morgan fingerprint density at radius 3 is 3.00 bits per heavy atom. The molecule has 1 amide bonds. The molecule has 5 nitrogen and oxygen atoms in total. The van der Waals surface area contributed by atoms with E-state index in [-0.39, 0.29) is 12.5 Å². The molecular formula is C13H19N3O2. The van der Waals surface area contributed by atoms with Crippen LogP contribution < -0.4 is 20.7 Å². The maximum atomic E-state index is 11.9. The van der Waals surface area contributed by atoms with Crippen LogP contribution in [0.25, 0.3) is 0 Å². The first kappa shape index (κ1) is 12.7. The van der Waals surface area contributed by atoms with Crippen LogP contribution in [0.5, 0.6) is 5.75 Å². The number of hydrogen-bond acceptors (Lipinski definition) is 4. The van der Waals surface area contributed by atoms with Gasteiger partial charge in [0.2, 0.25) is 0 Å². The zero-order valence-corrected chi connectivity index (χ0v) is 10.6. The summed E-state index contributed by atoms with van der Waals surface area (Å²) in [5.41, 5.74) is 7.29. The maximum absolute atomic E-state index is 11.9. The first-order valence-electron chi connectivity index (χ1n) is 6.21. The van der Waals surface area contributed by atoms with E-state index in [2.05, 4.69) is 5.32 Å². The molecule has 0 spiro atoms. The molecule has 2 rings (SSSR count). The van der Waals surface area contributed by atoms with Gasteiger partial charge in [-0.2, -0.15) is 0 Å². The van der Waals surface area contributed by atoms with Gasteiger partial charge >= 0.3 is 0 Å². The molecule has 0 saturated heterocycles. The molecular weight excluding hydrogens is 230 g/mol. The second-order valence-corrected chi connectivity index (χ2v) is 4.26. The molecule has 0 saturated carbocycles. The Labute approximate surface area is 107 Å². The van der Waals surface area contributed by atoms with Gasteiger partial charge in [0.05, 0.1) is 5.69 Å². The number of hydrogen-bond donors (Lipinski definition) is 2. The zero-order chi connectivity index (χ0) is 13.0. The van der Waals surface area contributed by atoms with Crippen LogP contribution in [0.15, 0.2) is 18.2 Å². The SMILES string of the molecule is CNc1ccc2c(c1)N(CCCCN)C(=O)CO2. The molecule has 0 bridgehead atoms. The van der Waals surface area contributed by atoms with E-state index < -0.39 is 0 Å². The predicted octanol–water partition coefficient (Wildman–Crippen LogP) is 1.19. The van der Waals surface area contributed by atoms with Crippen molar-refractivity contribution < 1.29 is 9.53 Å². The predicted molar refractivity (Wildman–Crippen MR) is 72.1 cm³/mol. The number of ether oxygens (including phenoxy) is 1. The van der Waals surface area contributed by atoms with Crippen LogP contribution in [0, 0.1) is 0 Å². The standard InChI is InChI=1S/C13H19N3O2/c1-15-10-4-5-12-11(8-10)16(7-3-2-6-14)13(17)9-18-12/h4-5,8,15H,2-3,6-7,9,14H2,1H3. The van der Waals surface area contributed by atoms with Gasteiger partial charge in [-0.05, 0) is 37.6 Å². The van der Waals surface area contributed by atoms with Crippen LogP contribution in [-0.2, 0) is 4.79 Å². The van der Waals surface area contributed by atoms with Gasteiger partial charge in [0.15, 0.2) is 6.61 Å². The van der Waals surface area contributed by atoms with E-state index in [1.54, 1.807) is 4.90 Å². The van der Waals surface area contributed by atoms with Crippen molar-refractivity contribution in [2.24, 2.45) is 5.73 Å². The number of fused-ring (bicyclic) bond motifs is 1. The molecule has 18 heavy (non-hydrogen) atoms. The molecule has 1 heterocycles. The Morgan fingerprint density at radius 1 is 1.44 bits per heavy atom. The van der Waals surface area contributed by atoms with Gasteiger partial charge in [0.25, 0.3) is 5.91 Å². The highest BCUT2D eigenvalue weighted by Gasteiger charge is 2.25. The largest absolute Gasteiger partial charge is 0.482 e. The van der Waals surface area contributed by atoms with Crippen molar-refractivity contribution in [1.82, 2.24) is 0 Å². The van der Waals surface area contributed by atoms with Gasteiger partial charge in [0.1, 0.15) is 5.75 Å². The smallest absolute Gasteiger partial charge is 0.265 e. The van der Waals surface area contributed by atoms with Crippen molar-refractivity contribution in [3.63, 3.8) is 0 Å². The molecule has 0 unspecified atom stereocenters. The van der Waals surface area contributed by atoms with Crippen LogP contribution in [-0.4, -0.2) is 32.7 Å². The van der Waals surface area contributed by atoms with Crippen molar-refractivity contribution >= 4 is 17.3 Å². The number of rotatable bonds is 5. The number of nitrogens with two attached hydrogens (primary N) is 1. The second-order valence-electron chi connectivity index (χ2n) is 4.26. The summed E-state index contributed by atoms with van der Waals surface area (Å²) in [6.45, 7) is 1.47. The highest BCUT2D eigenvalue weighted by atomic mass is 16.5. The molecule has 0 atom stereocenters. The molecule has 0 fully saturated rings. The number of anilines is 2. The Bertz CT molecular complexity index is 434. The van der Waals surface area contributed by atoms with Crippen LogP contribution in [0.4, 0.5) is 11.4 Å². The van der Waals surface area contributed by atoms with Crippen molar-refractivity contribution in [1.29, 1.82) is 0 Å². The fraction of sp³-hybridized carbons (Fsp3) is 0.462. The van der Waals surface area contributed by atoms with Gasteiger partial charge in [-0.25, -0.2) is 0 Å². The zero-order valence-electron chi connectivity index (χ0n) is 10.6. The van der Waals surface area contributed by atoms with Gasteiger partial charge in [-0.3, -0.25) is 4.79 Å². The fourth-order valence-corrected chi connectivity index (χ4v) is 2.02. The first-order chi connectivity index (χ1) is 8.76. The molecule has 5 heteroatoms. The molecule has 1 aromatic carbocycles. The molecule has 1 aromatic rings. The fourth-order valence-electron chi connectivity index (χ4n) is 2.02. The number of carbonyl (C=O) groups excluding carboxylic acids is 1. The maximum Gasteiger partial charge on any atom is 0.265 e. The number of carbonyl (C=O) groups is 1. The van der Waals surface area contributed by atoms with E-state index in [1.807, 2.05) is 25.2 Å². The van der Waals surface area contributed by atoms with E-state index in [1.165, 1.54) is 0 Å². The quantitative estimate of drug-likeness (QED) is 0.769. The van der Waals surface area contributed by atoms with E-state index in [0.29, 0.717) is 13.1 Å². The molecule has 1 aliphatic rings. The third-order valence-corrected chi connectivity index (χ3v) is 3.03. The summed E-state index contributed by atoms with van der Waals surface area (Å²) in [7, 11) is 1.85. The number of benzene rings is 1. The third kappa shape index (κ3) is 2.56. The van der Waals surface area contributed by atoms with Crippen LogP contribution in [0.2, 0.25) is 0 Å². The van der Waals surface area contributed by atoms with Crippen LogP contribution in [0.1, 0.15) is 12.8 Å². The molecule has 98 valence electrons. The normalized spacial score (nSPS) is 14.1. The van der Waals surface area contributed by atoms with Gasteiger partial charge in [-0.15, -0.1) is 0 Å². The molecule has 1 aliphatic heterocycles. The number of nitrogens with zero attached hydrogens (tertiary/aromatic N) is 1. The highest BCUT2D eigenvalue weighted by molar-refractivity contribution is 5.98. The Kier molecular flexibility index (Phi) is 4.04. The lowest BCUT2D eigenvalue weighted by Crippen LogP contribution is -2.39. The Balaban J connectivity index is 2.21. The monoisotopic (exact) mass is 249 g/mol. The van der Waals surface area contributed by atoms with Gasteiger partial charge in [-0.1, -0.05) is 0 Å². The molecule has 0 radical (unpaired) electrons. The summed E-state index contributed by atoms with van der Waals surface area (Å²) in [5, 5.41) is 3.07. The van der Waals surface area contributed by atoms with E-state index in [0.717, 1.165) is 30.0 Å². The third-order valence-electron chi connectivity index (χ3n) is 3.03. The average Bonchev–Trinajstić information content (AvgIpc) is 2.41. The lowest BCUT2D eigenvalue weighted by Gasteiger charge is -2.29. The van der Waals surface area contributed by atoms with Crippen LogP contribution >= 0.6 is 0 Å². The highest BCUT2D eigenvalue weighted by Crippen LogP contribution is 2.34. The number of amides is 1. The van der Waals surface area contributed by atoms with Crippen molar-refractivity contribution in [2.45, 2.75) is 12.8 Å². The number of nitrogens with one attached hydrogen (secondary N) is 1. The summed E-state index contributed by atoms with van der Waals surface area (Å²) in [6.07, 6.45) is 1.83. The Morgan fingerprint density at radius 2 is 2.28 bits per heavy atom. The first-order valence-corrected chi connectivity index (χ1v) is 6.21. The summed E-state index contributed by atoms with van der Waals surface area (Å²) in [4.78, 5) is 13.7. The lowest BCUT2D eigenvalue weighted by molar-refractivity contribution is -0.121. The Hall–Kier alpha value is -1.75. The summed E-state index contributed by atoms with van der Waals surface area (Å²) >= 11 is 0. The van der Waals surface area contributed by atoms with E-state index >= 15 is 0 Å². The molecule has 3 N–H and O–H groups in total. The van der Waals surface area contributed by atoms with E-state index in [9.17, 15) is 4.79 Å². The van der Waals surface area contributed by atoms with Crippen LogP contribution in [0.3, 0.4) is 0 Å². The summed E-state index contributed by atoms with van der Waals surface area (Å²) < 4.78 is 5.43. The second kappa shape index (κ2) is 5.73. The minimum Gasteiger partial charge on any atom is -0.482 e. The average molecular weight is 249 g/mol. The molecule has 0 aliphatic carbocycles. The minimum absolute atomic E-state index is 0.00720. The minimum atomic E-state index is 0.00720. The molecule has 0 aromatic heterocycles. The van der Waals surface area contributed by atoms with Crippen molar-refractivity contribution in [3.8, 4) is 5.75 Å². The van der Waals surface area contributed by atoms with Crippen molar-refractivity contribution in [3.05, 3.63) is 18.2 Å². The lowest BCUT2D eigenvalue weighted by atomic mass is 10.2. The van der Waals surface area contributed by atoms with Gasteiger partial charge < -0.3 is 20.7 Å². The van der Waals surface area contributed by atoms with Crippen molar-refractivity contribution in [2.75, 3.05) is 37.0 Å². The topological polar surface area (TPSA) is 67.6 Å². The van der Waals surface area contributed by atoms with Gasteiger partial charge in [0, 0.05) is 19.3 Å². The van der Waals surface area contributed by atoms with E-state index in [4.69, 9.17) is 10.5 Å². The number of unbranched alkanes of at least 4 members (excludes halogenated alkanes) is 1. The summed E-state index contributed by atoms with van der Waals surface area (Å²) in [6, 6.07) is 5.77. The summed E-state index contributed by atoms with van der Waals surface area (Å²) in [5.74, 6) is 0.772.